The molecule has 2 rings (SSSR count). The van der Waals surface area contributed by atoms with Crippen molar-refractivity contribution in [1.29, 1.82) is 0 Å². The SMILES string of the molecule is Cc1ccc(/C=C2/NC(=S)NC2=O)cc1[N+](=O)[O-]. The zero-order valence-electron chi connectivity index (χ0n) is 9.39. The van der Waals surface area contributed by atoms with Gasteiger partial charge in [-0.1, -0.05) is 12.1 Å². The van der Waals surface area contributed by atoms with E-state index in [-0.39, 0.29) is 22.4 Å². The minimum Gasteiger partial charge on any atom is -0.328 e. The number of carbonyl (C=O) groups excluding carboxylic acids is 1. The maximum Gasteiger partial charge on any atom is 0.273 e. The van der Waals surface area contributed by atoms with Crippen LogP contribution in [0.3, 0.4) is 0 Å². The van der Waals surface area contributed by atoms with Crippen molar-refractivity contribution in [2.45, 2.75) is 6.92 Å². The van der Waals surface area contributed by atoms with Crippen LogP contribution in [0.25, 0.3) is 6.08 Å². The first-order valence-electron chi connectivity index (χ1n) is 5.06. The largest absolute Gasteiger partial charge is 0.328 e. The number of carbonyl (C=O) groups is 1. The van der Waals surface area contributed by atoms with Gasteiger partial charge in [0.1, 0.15) is 5.70 Å². The zero-order valence-corrected chi connectivity index (χ0v) is 10.2. The van der Waals surface area contributed by atoms with E-state index in [1.165, 1.54) is 12.1 Å². The van der Waals surface area contributed by atoms with Crippen LogP contribution in [0, 0.1) is 17.0 Å². The van der Waals surface area contributed by atoms with Gasteiger partial charge in [-0.05, 0) is 30.8 Å². The molecule has 7 heteroatoms. The van der Waals surface area contributed by atoms with Gasteiger partial charge in [0, 0.05) is 11.6 Å². The van der Waals surface area contributed by atoms with Crippen LogP contribution < -0.4 is 10.6 Å². The van der Waals surface area contributed by atoms with E-state index in [9.17, 15) is 14.9 Å². The fourth-order valence-electron chi connectivity index (χ4n) is 1.56. The maximum atomic E-state index is 11.4. The Morgan fingerprint density at radius 2 is 2.11 bits per heavy atom. The Morgan fingerprint density at radius 3 is 2.67 bits per heavy atom. The number of hydrogen-bond donors (Lipinski definition) is 2. The molecule has 1 saturated heterocycles. The molecule has 0 aromatic heterocycles. The summed E-state index contributed by atoms with van der Waals surface area (Å²) in [5, 5.41) is 16.1. The molecule has 6 nitrogen and oxygen atoms in total. The molecule has 18 heavy (non-hydrogen) atoms. The molecule has 2 N–H and O–H groups in total. The second kappa shape index (κ2) is 4.53. The molecule has 0 unspecified atom stereocenters. The molecule has 1 aliphatic rings. The number of thiocarbonyl (C=S) groups is 1. The molecule has 1 aromatic carbocycles. The van der Waals surface area contributed by atoms with Crippen molar-refractivity contribution in [3.8, 4) is 0 Å². The van der Waals surface area contributed by atoms with Gasteiger partial charge in [-0.15, -0.1) is 0 Å². The van der Waals surface area contributed by atoms with Gasteiger partial charge in [0.2, 0.25) is 0 Å². The van der Waals surface area contributed by atoms with E-state index >= 15 is 0 Å². The van der Waals surface area contributed by atoms with Gasteiger partial charge in [-0.25, -0.2) is 0 Å². The summed E-state index contributed by atoms with van der Waals surface area (Å²) in [6.07, 6.45) is 1.51. The summed E-state index contributed by atoms with van der Waals surface area (Å²) in [7, 11) is 0. The number of nitrogens with one attached hydrogen (secondary N) is 2. The Morgan fingerprint density at radius 1 is 1.39 bits per heavy atom. The highest BCUT2D eigenvalue weighted by Crippen LogP contribution is 2.20. The Balaban J connectivity index is 2.38. The summed E-state index contributed by atoms with van der Waals surface area (Å²) in [4.78, 5) is 21.8. The number of nitro groups is 1. The molecule has 0 radical (unpaired) electrons. The topological polar surface area (TPSA) is 84.3 Å². The Labute approximate surface area is 108 Å². The smallest absolute Gasteiger partial charge is 0.273 e. The lowest BCUT2D eigenvalue weighted by atomic mass is 10.1. The molecule has 1 aliphatic heterocycles. The molecular weight excluding hydrogens is 254 g/mol. The van der Waals surface area contributed by atoms with E-state index in [0.717, 1.165) is 0 Å². The highest BCUT2D eigenvalue weighted by Gasteiger charge is 2.20. The summed E-state index contributed by atoms with van der Waals surface area (Å²) in [6, 6.07) is 4.75. The predicted octanol–water partition coefficient (Wildman–Crippen LogP) is 1.25. The number of rotatable bonds is 2. The van der Waals surface area contributed by atoms with Crippen LogP contribution in [0.2, 0.25) is 0 Å². The molecule has 92 valence electrons. The Kier molecular flexibility index (Phi) is 3.07. The normalized spacial score (nSPS) is 16.6. The van der Waals surface area contributed by atoms with Crippen molar-refractivity contribution in [3.05, 3.63) is 45.1 Å². The standard InChI is InChI=1S/C11H9N3O3S/c1-6-2-3-7(5-9(6)14(16)17)4-8-10(15)13-11(18)12-8/h2-5H,1H3,(H2,12,13,15,18)/b8-4+. The fraction of sp³-hybridized carbons (Fsp3) is 0.0909. The van der Waals surface area contributed by atoms with Crippen LogP contribution in [0.15, 0.2) is 23.9 Å². The van der Waals surface area contributed by atoms with Crippen LogP contribution in [-0.4, -0.2) is 15.9 Å². The highest BCUT2D eigenvalue weighted by molar-refractivity contribution is 7.80. The van der Waals surface area contributed by atoms with E-state index in [0.29, 0.717) is 11.1 Å². The first-order valence-corrected chi connectivity index (χ1v) is 5.47. The minimum atomic E-state index is -0.454. The first-order chi connectivity index (χ1) is 8.47. The molecule has 1 aromatic rings. The number of nitro benzene ring substituents is 1. The lowest BCUT2D eigenvalue weighted by Crippen LogP contribution is -2.21. The van der Waals surface area contributed by atoms with Gasteiger partial charge in [0.05, 0.1) is 4.92 Å². The first kappa shape index (κ1) is 12.2. The van der Waals surface area contributed by atoms with E-state index in [2.05, 4.69) is 10.6 Å². The summed E-state index contributed by atoms with van der Waals surface area (Å²) >= 11 is 4.79. The van der Waals surface area contributed by atoms with Gasteiger partial charge in [0.15, 0.2) is 5.11 Å². The molecule has 0 bridgehead atoms. The van der Waals surface area contributed by atoms with E-state index in [4.69, 9.17) is 12.2 Å². The van der Waals surface area contributed by atoms with Crippen molar-refractivity contribution in [1.82, 2.24) is 10.6 Å². The van der Waals surface area contributed by atoms with Gasteiger partial charge in [-0.2, -0.15) is 0 Å². The molecule has 0 atom stereocenters. The van der Waals surface area contributed by atoms with Crippen molar-refractivity contribution < 1.29 is 9.72 Å². The van der Waals surface area contributed by atoms with Gasteiger partial charge in [0.25, 0.3) is 11.6 Å². The zero-order chi connectivity index (χ0) is 13.3. The average Bonchev–Trinajstić information content (AvgIpc) is 2.60. The third-order valence-electron chi connectivity index (χ3n) is 2.46. The number of benzene rings is 1. The van der Waals surface area contributed by atoms with Crippen LogP contribution >= 0.6 is 12.2 Å². The number of hydrogen-bond acceptors (Lipinski definition) is 4. The molecule has 0 aliphatic carbocycles. The summed E-state index contributed by atoms with van der Waals surface area (Å²) in [5.41, 5.74) is 1.43. The number of amides is 1. The lowest BCUT2D eigenvalue weighted by Gasteiger charge is -2.00. The van der Waals surface area contributed by atoms with Crippen LogP contribution in [0.5, 0.6) is 0 Å². The van der Waals surface area contributed by atoms with E-state index < -0.39 is 4.92 Å². The molecule has 1 fully saturated rings. The van der Waals surface area contributed by atoms with Gasteiger partial charge < -0.3 is 5.32 Å². The summed E-state index contributed by atoms with van der Waals surface area (Å²) in [6.45, 7) is 1.66. The quantitative estimate of drug-likeness (QED) is 0.363. The van der Waals surface area contributed by atoms with Gasteiger partial charge in [-0.3, -0.25) is 20.2 Å². The maximum absolute atomic E-state index is 11.4. The molecule has 0 saturated carbocycles. The summed E-state index contributed by atoms with van der Waals surface area (Å²) < 4.78 is 0. The van der Waals surface area contributed by atoms with E-state index in [1.807, 2.05) is 0 Å². The van der Waals surface area contributed by atoms with Crippen molar-refractivity contribution in [2.75, 3.05) is 0 Å². The van der Waals surface area contributed by atoms with Crippen molar-refractivity contribution in [2.24, 2.45) is 0 Å². The van der Waals surface area contributed by atoms with Crippen molar-refractivity contribution in [3.63, 3.8) is 0 Å². The number of aryl methyl sites for hydroxylation is 1. The average molecular weight is 263 g/mol. The monoisotopic (exact) mass is 263 g/mol. The van der Waals surface area contributed by atoms with Crippen LogP contribution in [0.1, 0.15) is 11.1 Å². The predicted molar refractivity (Wildman–Crippen MR) is 69.7 cm³/mol. The van der Waals surface area contributed by atoms with Crippen LogP contribution in [0.4, 0.5) is 5.69 Å². The molecular formula is C11H9N3O3S. The summed E-state index contributed by atoms with van der Waals surface area (Å²) in [5.74, 6) is -0.344. The van der Waals surface area contributed by atoms with Gasteiger partial charge >= 0.3 is 0 Å². The third-order valence-corrected chi connectivity index (χ3v) is 2.66. The molecule has 0 spiro atoms. The molecule has 1 heterocycles. The Bertz CT molecular complexity index is 595. The Hall–Kier alpha value is -2.28. The van der Waals surface area contributed by atoms with Crippen molar-refractivity contribution >= 4 is 35.0 Å². The lowest BCUT2D eigenvalue weighted by molar-refractivity contribution is -0.385. The minimum absolute atomic E-state index is 0.0188. The van der Waals surface area contributed by atoms with Crippen LogP contribution in [-0.2, 0) is 4.79 Å². The molecule has 1 amide bonds. The highest BCUT2D eigenvalue weighted by atomic mass is 32.1. The van der Waals surface area contributed by atoms with E-state index in [1.54, 1.807) is 19.1 Å². The third kappa shape index (κ3) is 2.35. The second-order valence-electron chi connectivity index (χ2n) is 3.77. The second-order valence-corrected chi connectivity index (χ2v) is 4.18. The fourth-order valence-corrected chi connectivity index (χ4v) is 1.76. The number of nitrogens with zero attached hydrogens (tertiary/aromatic N) is 1.